The molecule has 0 spiro atoms. The summed E-state index contributed by atoms with van der Waals surface area (Å²) in [4.78, 5) is 28.6. The largest absolute Gasteiger partial charge is 0.346 e. The predicted octanol–water partition coefficient (Wildman–Crippen LogP) is 2.08. The molecular weight excluding hydrogens is 354 g/mol. The molecule has 3 aromatic heterocycles. The lowest BCUT2D eigenvalue weighted by Crippen LogP contribution is -2.44. The Kier molecular flexibility index (Phi) is 4.56. The van der Waals surface area contributed by atoms with Gasteiger partial charge in [-0.25, -0.2) is 9.97 Å². The molecule has 0 radical (unpaired) electrons. The Morgan fingerprint density at radius 1 is 1.14 bits per heavy atom. The summed E-state index contributed by atoms with van der Waals surface area (Å²) >= 11 is 0. The standard InChI is InChI=1S/C20H25N7O/c28-18(13-25-7-1-2-8-25)26-9-4-16(5-10-26)27-12-15(11-24-27)19-17-3-6-21-20(17)23-14-22-19/h3,6,11-12,14,16H,1-2,4-5,7-10,13H2,(H,21,22,23). The topological polar surface area (TPSA) is 82.9 Å². The molecule has 0 aromatic carbocycles. The number of fused-ring (bicyclic) bond motifs is 1. The second-order valence-corrected chi connectivity index (χ2v) is 7.77. The monoisotopic (exact) mass is 379 g/mol. The van der Waals surface area contributed by atoms with E-state index in [0.29, 0.717) is 12.6 Å². The minimum Gasteiger partial charge on any atom is -0.346 e. The van der Waals surface area contributed by atoms with Crippen LogP contribution < -0.4 is 0 Å². The van der Waals surface area contributed by atoms with Crippen LogP contribution in [0.5, 0.6) is 0 Å². The summed E-state index contributed by atoms with van der Waals surface area (Å²) in [5.74, 6) is 0.275. The minimum absolute atomic E-state index is 0.275. The number of rotatable bonds is 4. The summed E-state index contributed by atoms with van der Waals surface area (Å²) in [5, 5.41) is 5.60. The zero-order valence-corrected chi connectivity index (χ0v) is 15.9. The van der Waals surface area contributed by atoms with E-state index in [-0.39, 0.29) is 5.91 Å². The third-order valence-corrected chi connectivity index (χ3v) is 5.98. The van der Waals surface area contributed by atoms with Crippen LogP contribution in [0.4, 0.5) is 0 Å². The van der Waals surface area contributed by atoms with E-state index in [9.17, 15) is 4.79 Å². The SMILES string of the molecule is O=C(CN1CCCC1)N1CCC(n2cc(-c3ncnc4[nH]ccc34)cn2)CC1. The van der Waals surface area contributed by atoms with Crippen molar-refractivity contribution in [3.63, 3.8) is 0 Å². The van der Waals surface area contributed by atoms with Crippen LogP contribution in [0.25, 0.3) is 22.3 Å². The number of carbonyl (C=O) groups excluding carboxylic acids is 1. The quantitative estimate of drug-likeness (QED) is 0.750. The van der Waals surface area contributed by atoms with Gasteiger partial charge in [-0.15, -0.1) is 0 Å². The van der Waals surface area contributed by atoms with Gasteiger partial charge in [-0.3, -0.25) is 14.4 Å². The van der Waals surface area contributed by atoms with Gasteiger partial charge in [-0.2, -0.15) is 5.10 Å². The highest BCUT2D eigenvalue weighted by atomic mass is 16.2. The molecule has 0 atom stereocenters. The first-order chi connectivity index (χ1) is 13.8. The normalized spacial score (nSPS) is 18.9. The number of hydrogen-bond donors (Lipinski definition) is 1. The first-order valence-electron chi connectivity index (χ1n) is 10.1. The summed E-state index contributed by atoms with van der Waals surface area (Å²) in [6.07, 6.45) is 11.7. The van der Waals surface area contributed by atoms with Crippen LogP contribution in [-0.4, -0.2) is 73.2 Å². The smallest absolute Gasteiger partial charge is 0.236 e. The van der Waals surface area contributed by atoms with Crippen molar-refractivity contribution in [1.29, 1.82) is 0 Å². The number of carbonyl (C=O) groups is 1. The highest BCUT2D eigenvalue weighted by molar-refractivity contribution is 5.89. The van der Waals surface area contributed by atoms with Gasteiger partial charge in [0.25, 0.3) is 0 Å². The molecule has 0 saturated carbocycles. The van der Waals surface area contributed by atoms with Crippen LogP contribution in [-0.2, 0) is 4.79 Å². The molecule has 5 heterocycles. The van der Waals surface area contributed by atoms with Crippen molar-refractivity contribution in [2.24, 2.45) is 0 Å². The van der Waals surface area contributed by atoms with E-state index in [0.717, 1.165) is 61.3 Å². The van der Waals surface area contributed by atoms with Crippen LogP contribution >= 0.6 is 0 Å². The number of likely N-dealkylation sites (tertiary alicyclic amines) is 2. The summed E-state index contributed by atoms with van der Waals surface area (Å²) < 4.78 is 2.04. The van der Waals surface area contributed by atoms with Gasteiger partial charge in [0.05, 0.1) is 24.5 Å². The fraction of sp³-hybridized carbons (Fsp3) is 0.500. The fourth-order valence-corrected chi connectivity index (χ4v) is 4.37. The highest BCUT2D eigenvalue weighted by Gasteiger charge is 2.26. The molecule has 3 aromatic rings. The number of piperidine rings is 1. The number of nitrogens with zero attached hydrogens (tertiary/aromatic N) is 6. The zero-order chi connectivity index (χ0) is 18.9. The maximum Gasteiger partial charge on any atom is 0.236 e. The Balaban J connectivity index is 1.24. The van der Waals surface area contributed by atoms with Crippen molar-refractivity contribution in [3.8, 4) is 11.3 Å². The first-order valence-corrected chi connectivity index (χ1v) is 10.1. The van der Waals surface area contributed by atoms with E-state index in [1.807, 2.05) is 28.0 Å². The molecular formula is C20H25N7O. The number of nitrogens with one attached hydrogen (secondary N) is 1. The summed E-state index contributed by atoms with van der Waals surface area (Å²) in [5.41, 5.74) is 2.73. The molecule has 0 bridgehead atoms. The maximum absolute atomic E-state index is 12.5. The lowest BCUT2D eigenvalue weighted by atomic mass is 10.1. The molecule has 0 unspecified atom stereocenters. The number of amides is 1. The van der Waals surface area contributed by atoms with Crippen LogP contribution in [0.15, 0.2) is 31.0 Å². The van der Waals surface area contributed by atoms with Crippen LogP contribution in [0.3, 0.4) is 0 Å². The summed E-state index contributed by atoms with van der Waals surface area (Å²) in [6, 6.07) is 2.32. The molecule has 5 rings (SSSR count). The van der Waals surface area contributed by atoms with Crippen LogP contribution in [0.1, 0.15) is 31.7 Å². The zero-order valence-electron chi connectivity index (χ0n) is 15.9. The molecule has 8 heteroatoms. The van der Waals surface area contributed by atoms with Gasteiger partial charge >= 0.3 is 0 Å². The van der Waals surface area contributed by atoms with E-state index in [1.165, 1.54) is 12.8 Å². The highest BCUT2D eigenvalue weighted by Crippen LogP contribution is 2.28. The van der Waals surface area contributed by atoms with Crippen molar-refractivity contribution in [1.82, 2.24) is 34.5 Å². The average Bonchev–Trinajstić information content (AvgIpc) is 3.48. The van der Waals surface area contributed by atoms with Crippen molar-refractivity contribution >= 4 is 16.9 Å². The summed E-state index contributed by atoms with van der Waals surface area (Å²) in [6.45, 7) is 4.33. The third kappa shape index (κ3) is 3.28. The number of aromatic amines is 1. The van der Waals surface area contributed by atoms with E-state index in [1.54, 1.807) is 6.33 Å². The van der Waals surface area contributed by atoms with Crippen LogP contribution in [0.2, 0.25) is 0 Å². The van der Waals surface area contributed by atoms with Gasteiger partial charge in [0.15, 0.2) is 0 Å². The van der Waals surface area contributed by atoms with Gasteiger partial charge in [0.1, 0.15) is 12.0 Å². The molecule has 8 nitrogen and oxygen atoms in total. The Labute approximate surface area is 163 Å². The lowest BCUT2D eigenvalue weighted by molar-refractivity contribution is -0.133. The van der Waals surface area contributed by atoms with E-state index >= 15 is 0 Å². The molecule has 28 heavy (non-hydrogen) atoms. The first kappa shape index (κ1) is 17.4. The number of hydrogen-bond acceptors (Lipinski definition) is 5. The third-order valence-electron chi connectivity index (χ3n) is 5.98. The Hall–Kier alpha value is -2.74. The van der Waals surface area contributed by atoms with Gasteiger partial charge in [0.2, 0.25) is 5.91 Å². The lowest BCUT2D eigenvalue weighted by Gasteiger charge is -2.33. The number of H-pyrrole nitrogens is 1. The molecule has 1 amide bonds. The minimum atomic E-state index is 0.275. The van der Waals surface area contributed by atoms with Crippen LogP contribution in [0, 0.1) is 0 Å². The van der Waals surface area contributed by atoms with Gasteiger partial charge in [-0.05, 0) is 44.8 Å². The van der Waals surface area contributed by atoms with Gasteiger partial charge in [-0.1, -0.05) is 0 Å². The Morgan fingerprint density at radius 3 is 2.79 bits per heavy atom. The second kappa shape index (κ2) is 7.35. The molecule has 0 aliphatic carbocycles. The average molecular weight is 379 g/mol. The maximum atomic E-state index is 12.5. The van der Waals surface area contributed by atoms with Crippen molar-refractivity contribution in [2.45, 2.75) is 31.7 Å². The second-order valence-electron chi connectivity index (χ2n) is 7.77. The Bertz CT molecular complexity index is 964. The van der Waals surface area contributed by atoms with Crippen molar-refractivity contribution < 1.29 is 4.79 Å². The molecule has 2 aliphatic rings. The fourth-order valence-electron chi connectivity index (χ4n) is 4.37. The van der Waals surface area contributed by atoms with E-state index in [4.69, 9.17) is 0 Å². The molecule has 146 valence electrons. The molecule has 2 aliphatic heterocycles. The van der Waals surface area contributed by atoms with E-state index in [2.05, 4.69) is 31.1 Å². The van der Waals surface area contributed by atoms with Crippen molar-refractivity contribution in [2.75, 3.05) is 32.7 Å². The molecule has 2 fully saturated rings. The summed E-state index contributed by atoms with van der Waals surface area (Å²) in [7, 11) is 0. The molecule has 2 saturated heterocycles. The number of aromatic nitrogens is 5. The van der Waals surface area contributed by atoms with Crippen molar-refractivity contribution in [3.05, 3.63) is 31.0 Å². The predicted molar refractivity (Wildman–Crippen MR) is 106 cm³/mol. The molecule has 1 N–H and O–H groups in total. The van der Waals surface area contributed by atoms with Gasteiger partial charge in [0, 0.05) is 36.4 Å². The Morgan fingerprint density at radius 2 is 1.96 bits per heavy atom. The van der Waals surface area contributed by atoms with E-state index < -0.39 is 0 Å². The van der Waals surface area contributed by atoms with Gasteiger partial charge < -0.3 is 9.88 Å².